The zero-order valence-corrected chi connectivity index (χ0v) is 27.8. The third kappa shape index (κ3) is 9.38. The van der Waals surface area contributed by atoms with Gasteiger partial charge in [0.1, 0.15) is 0 Å². The van der Waals surface area contributed by atoms with Gasteiger partial charge in [-0.1, -0.05) is 0 Å². The summed E-state index contributed by atoms with van der Waals surface area (Å²) in [4.78, 5) is 20.9. The number of rotatable bonds is 5. The molecule has 50 heavy (non-hydrogen) atoms. The number of morpholine rings is 1. The van der Waals surface area contributed by atoms with Gasteiger partial charge in [-0.25, -0.2) is 13.6 Å². The van der Waals surface area contributed by atoms with Crippen molar-refractivity contribution in [2.24, 2.45) is 5.14 Å². The molecule has 0 radical (unpaired) electrons. The predicted octanol–water partition coefficient (Wildman–Crippen LogP) is 4.27. The van der Waals surface area contributed by atoms with Crippen molar-refractivity contribution in [3.05, 3.63) is 83.4 Å². The lowest BCUT2D eigenvalue weighted by molar-refractivity contribution is -0.138. The molecule has 1 amide bonds. The van der Waals surface area contributed by atoms with Crippen LogP contribution in [0.3, 0.4) is 0 Å². The fourth-order valence-electron chi connectivity index (χ4n) is 5.93. The van der Waals surface area contributed by atoms with E-state index in [-0.39, 0.29) is 16.4 Å². The average molecular weight is 729 g/mol. The number of hydrogen-bond donors (Lipinski definition) is 2. The van der Waals surface area contributed by atoms with E-state index in [9.17, 15) is 39.6 Å². The first-order valence-corrected chi connectivity index (χ1v) is 17.5. The summed E-state index contributed by atoms with van der Waals surface area (Å²) in [7, 11) is -4.00. The number of nitrogens with two attached hydrogens (primary N) is 1. The zero-order valence-electron chi connectivity index (χ0n) is 27.0. The number of nitrogens with one attached hydrogen (secondary N) is 1. The standard InChI is InChI=1S/C22H25F3N4O4S.C11H13F3N2/c23-22(24,25)16-1-3-17(4-2-16)27-7-9-29(10-8-27)21(30)19-15-18(34(26,31)32)5-6-20(19)28-11-13-33-14-12-28;12-11(13,14)9-1-3-10(4-2-9)16-7-5-15-6-8-16/h1-6,15H,7-14H2,(H2,26,31,32);1-4,15H,5-8H2. The summed E-state index contributed by atoms with van der Waals surface area (Å²) in [5.41, 5.74) is 1.06. The van der Waals surface area contributed by atoms with E-state index in [0.717, 1.165) is 56.1 Å². The first-order valence-electron chi connectivity index (χ1n) is 16.0. The number of piperazine rings is 2. The minimum atomic E-state index is -4.40. The van der Waals surface area contributed by atoms with Crippen LogP contribution in [0, 0.1) is 0 Å². The molecule has 272 valence electrons. The number of nitrogens with zero attached hydrogens (tertiary/aromatic N) is 4. The van der Waals surface area contributed by atoms with Crippen LogP contribution in [-0.2, 0) is 27.1 Å². The number of primary sulfonamides is 1. The van der Waals surface area contributed by atoms with Gasteiger partial charge < -0.3 is 29.7 Å². The highest BCUT2D eigenvalue weighted by molar-refractivity contribution is 7.89. The number of alkyl halides is 6. The fraction of sp³-hybridized carbons (Fsp3) is 0.424. The van der Waals surface area contributed by atoms with Crippen molar-refractivity contribution in [1.82, 2.24) is 10.2 Å². The molecule has 3 heterocycles. The number of carbonyl (C=O) groups is 1. The van der Waals surface area contributed by atoms with E-state index >= 15 is 0 Å². The number of sulfonamides is 1. The van der Waals surface area contributed by atoms with Gasteiger partial charge in [0, 0.05) is 82.5 Å². The van der Waals surface area contributed by atoms with Crippen LogP contribution in [0.4, 0.5) is 43.4 Å². The molecule has 3 N–H and O–H groups in total. The van der Waals surface area contributed by atoms with Gasteiger partial charge in [0.2, 0.25) is 10.0 Å². The molecule has 3 aromatic carbocycles. The van der Waals surface area contributed by atoms with E-state index in [4.69, 9.17) is 9.88 Å². The van der Waals surface area contributed by atoms with Crippen LogP contribution >= 0.6 is 0 Å². The maximum Gasteiger partial charge on any atom is 0.416 e. The topological polar surface area (TPSA) is 111 Å². The maximum atomic E-state index is 13.4. The van der Waals surface area contributed by atoms with E-state index in [0.29, 0.717) is 63.9 Å². The lowest BCUT2D eigenvalue weighted by Crippen LogP contribution is -2.49. The molecule has 17 heteroatoms. The minimum Gasteiger partial charge on any atom is -0.378 e. The van der Waals surface area contributed by atoms with Crippen molar-refractivity contribution < 1.29 is 44.3 Å². The Morgan fingerprint density at radius 3 is 1.60 bits per heavy atom. The van der Waals surface area contributed by atoms with Crippen molar-refractivity contribution >= 4 is 33.0 Å². The lowest BCUT2D eigenvalue weighted by atomic mass is 10.1. The number of halogens is 6. The van der Waals surface area contributed by atoms with E-state index in [1.54, 1.807) is 11.0 Å². The summed E-state index contributed by atoms with van der Waals surface area (Å²) >= 11 is 0. The Balaban J connectivity index is 0.000000253. The summed E-state index contributed by atoms with van der Waals surface area (Å²) in [6.45, 7) is 7.08. The van der Waals surface area contributed by atoms with Crippen LogP contribution in [0.2, 0.25) is 0 Å². The van der Waals surface area contributed by atoms with Gasteiger partial charge in [-0.15, -0.1) is 0 Å². The molecular formula is C33H38F6N6O4S. The van der Waals surface area contributed by atoms with Crippen LogP contribution in [-0.4, -0.2) is 97.9 Å². The minimum absolute atomic E-state index is 0.142. The number of anilines is 3. The second-order valence-electron chi connectivity index (χ2n) is 11.9. The SMILES string of the molecule is FC(F)(F)c1ccc(N2CCNCC2)cc1.NS(=O)(=O)c1ccc(N2CCOCC2)c(C(=O)N2CCN(c3ccc(C(F)(F)F)cc3)CC2)c1. The first-order chi connectivity index (χ1) is 23.6. The molecule has 0 aromatic heterocycles. The molecule has 0 spiro atoms. The summed E-state index contributed by atoms with van der Waals surface area (Å²) in [6, 6.07) is 14.6. The van der Waals surface area contributed by atoms with Gasteiger partial charge in [0.15, 0.2) is 0 Å². The van der Waals surface area contributed by atoms with Crippen molar-refractivity contribution in [1.29, 1.82) is 0 Å². The van der Waals surface area contributed by atoms with Gasteiger partial charge >= 0.3 is 12.4 Å². The molecule has 0 unspecified atom stereocenters. The Labute approximate surface area is 286 Å². The molecule has 6 rings (SSSR count). The number of carbonyl (C=O) groups excluding carboxylic acids is 1. The second kappa shape index (κ2) is 15.4. The van der Waals surface area contributed by atoms with Crippen molar-refractivity contribution in [2.75, 3.05) is 93.4 Å². The van der Waals surface area contributed by atoms with E-state index in [1.807, 2.05) is 9.80 Å². The van der Waals surface area contributed by atoms with Gasteiger partial charge in [-0.3, -0.25) is 4.79 Å². The summed E-state index contributed by atoms with van der Waals surface area (Å²) in [6.07, 6.45) is -8.64. The Morgan fingerprint density at radius 1 is 0.660 bits per heavy atom. The molecule has 0 bridgehead atoms. The lowest BCUT2D eigenvalue weighted by Gasteiger charge is -2.37. The highest BCUT2D eigenvalue weighted by atomic mass is 32.2. The third-order valence-corrected chi connectivity index (χ3v) is 9.59. The predicted molar refractivity (Wildman–Crippen MR) is 177 cm³/mol. The van der Waals surface area contributed by atoms with Gasteiger partial charge in [-0.2, -0.15) is 26.3 Å². The van der Waals surface area contributed by atoms with Crippen LogP contribution in [0.25, 0.3) is 0 Å². The highest BCUT2D eigenvalue weighted by Gasteiger charge is 2.32. The summed E-state index contributed by atoms with van der Waals surface area (Å²) in [5.74, 6) is -0.320. The largest absolute Gasteiger partial charge is 0.416 e. The molecule has 10 nitrogen and oxygen atoms in total. The van der Waals surface area contributed by atoms with E-state index in [2.05, 4.69) is 10.2 Å². The van der Waals surface area contributed by atoms with Crippen LogP contribution in [0.5, 0.6) is 0 Å². The third-order valence-electron chi connectivity index (χ3n) is 8.68. The first kappa shape index (κ1) is 37.2. The second-order valence-corrected chi connectivity index (χ2v) is 13.5. The van der Waals surface area contributed by atoms with Crippen molar-refractivity contribution in [3.63, 3.8) is 0 Å². The van der Waals surface area contributed by atoms with Gasteiger partial charge in [0.05, 0.1) is 34.8 Å². The molecule has 3 saturated heterocycles. The number of ether oxygens (including phenoxy) is 1. The Morgan fingerprint density at radius 2 is 1.14 bits per heavy atom. The molecule has 3 aliphatic heterocycles. The van der Waals surface area contributed by atoms with E-state index in [1.165, 1.54) is 36.4 Å². The fourth-order valence-corrected chi connectivity index (χ4v) is 6.47. The van der Waals surface area contributed by atoms with E-state index < -0.39 is 33.5 Å². The summed E-state index contributed by atoms with van der Waals surface area (Å²) < 4.78 is 105. The number of benzene rings is 3. The number of amides is 1. The van der Waals surface area contributed by atoms with Gasteiger partial charge in [-0.05, 0) is 66.7 Å². The highest BCUT2D eigenvalue weighted by Crippen LogP contribution is 2.32. The Bertz CT molecular complexity index is 1700. The van der Waals surface area contributed by atoms with Crippen LogP contribution in [0.1, 0.15) is 21.5 Å². The molecule has 3 aliphatic rings. The van der Waals surface area contributed by atoms with Crippen LogP contribution < -0.4 is 25.2 Å². The summed E-state index contributed by atoms with van der Waals surface area (Å²) in [5, 5.41) is 8.49. The normalized spacial score (nSPS) is 17.7. The molecule has 3 aromatic rings. The maximum absolute atomic E-state index is 13.4. The van der Waals surface area contributed by atoms with Gasteiger partial charge in [0.25, 0.3) is 5.91 Å². The molecule has 0 atom stereocenters. The van der Waals surface area contributed by atoms with Crippen molar-refractivity contribution in [3.8, 4) is 0 Å². The smallest absolute Gasteiger partial charge is 0.378 e. The molecule has 0 aliphatic carbocycles. The molecule has 0 saturated carbocycles. The van der Waals surface area contributed by atoms with Crippen molar-refractivity contribution in [2.45, 2.75) is 17.2 Å². The Hall–Kier alpha value is -4.06. The van der Waals surface area contributed by atoms with Crippen LogP contribution in [0.15, 0.2) is 71.6 Å². The Kier molecular flexibility index (Phi) is 11.5. The zero-order chi connectivity index (χ0) is 36.1. The average Bonchev–Trinajstić information content (AvgIpc) is 3.11. The molecule has 3 fully saturated rings. The number of hydrogen-bond acceptors (Lipinski definition) is 8. The monoisotopic (exact) mass is 728 g/mol. The molecular weight excluding hydrogens is 690 g/mol. The quantitative estimate of drug-likeness (QED) is 0.376.